The largest absolute Gasteiger partial charge is 0.350 e. The Morgan fingerprint density at radius 1 is 1.14 bits per heavy atom. The molecule has 0 atom stereocenters. The first kappa shape index (κ1) is 14.7. The highest BCUT2D eigenvalue weighted by Crippen LogP contribution is 2.07. The molecule has 4 N–H and O–H groups in total. The molecule has 0 unspecified atom stereocenters. The number of para-hydroxylation sites is 1. The van der Waals surface area contributed by atoms with Crippen molar-refractivity contribution in [3.63, 3.8) is 0 Å². The van der Waals surface area contributed by atoms with Crippen molar-refractivity contribution in [1.29, 1.82) is 0 Å². The first-order valence-corrected chi connectivity index (χ1v) is 6.51. The molecule has 1 heterocycles. The van der Waals surface area contributed by atoms with E-state index in [4.69, 9.17) is 5.73 Å². The number of aromatic nitrogens is 2. The highest BCUT2D eigenvalue weighted by atomic mass is 16.2. The predicted molar refractivity (Wildman–Crippen MR) is 77.5 cm³/mol. The molecule has 0 aliphatic carbocycles. The summed E-state index contributed by atoms with van der Waals surface area (Å²) in [5.41, 5.74) is 6.95. The van der Waals surface area contributed by atoms with Crippen LogP contribution in [0.4, 0.5) is 0 Å². The second-order valence-electron chi connectivity index (χ2n) is 4.39. The summed E-state index contributed by atoms with van der Waals surface area (Å²) in [5.74, 6) is -0.633. The lowest BCUT2D eigenvalue weighted by Gasteiger charge is -2.04. The normalized spacial score (nSPS) is 10.1. The molecule has 2 amide bonds. The summed E-state index contributed by atoms with van der Waals surface area (Å²) < 4.78 is 1.73. The molecule has 0 bridgehead atoms. The number of nitrogens with zero attached hydrogens (tertiary/aromatic N) is 2. The second-order valence-corrected chi connectivity index (χ2v) is 4.39. The average molecular weight is 287 g/mol. The molecule has 7 nitrogen and oxygen atoms in total. The topological polar surface area (TPSA) is 102 Å². The third-order valence-electron chi connectivity index (χ3n) is 2.78. The smallest absolute Gasteiger partial charge is 0.239 e. The van der Waals surface area contributed by atoms with Crippen molar-refractivity contribution in [3.8, 4) is 5.69 Å². The van der Waals surface area contributed by atoms with Gasteiger partial charge in [0.15, 0.2) is 0 Å². The molecule has 2 aromatic rings. The van der Waals surface area contributed by atoms with Gasteiger partial charge in [-0.2, -0.15) is 5.10 Å². The predicted octanol–water partition coefficient (Wildman–Crippen LogP) is -0.437. The van der Waals surface area contributed by atoms with Crippen LogP contribution in [0.2, 0.25) is 0 Å². The van der Waals surface area contributed by atoms with Crippen LogP contribution < -0.4 is 16.4 Å². The molecule has 1 aromatic heterocycles. The van der Waals surface area contributed by atoms with Gasteiger partial charge >= 0.3 is 0 Å². The molecule has 1 aromatic carbocycles. The fourth-order valence-corrected chi connectivity index (χ4v) is 1.69. The standard InChI is InChI=1S/C14H17N5O2/c15-6-13(20)17-9-14(21)16-7-11-8-18-19(10-11)12-4-2-1-3-5-12/h1-5,8,10H,6-7,9,15H2,(H,16,21)(H,17,20). The molecule has 7 heteroatoms. The molecule has 110 valence electrons. The van der Waals surface area contributed by atoms with Crippen molar-refractivity contribution in [1.82, 2.24) is 20.4 Å². The number of hydrogen-bond acceptors (Lipinski definition) is 4. The summed E-state index contributed by atoms with van der Waals surface area (Å²) in [7, 11) is 0. The van der Waals surface area contributed by atoms with Gasteiger partial charge in [-0.15, -0.1) is 0 Å². The molecule has 21 heavy (non-hydrogen) atoms. The summed E-state index contributed by atoms with van der Waals surface area (Å²) in [6, 6.07) is 9.68. The zero-order valence-corrected chi connectivity index (χ0v) is 11.5. The van der Waals surface area contributed by atoms with E-state index in [1.165, 1.54) is 0 Å². The van der Waals surface area contributed by atoms with Crippen LogP contribution in [0.5, 0.6) is 0 Å². The maximum atomic E-state index is 11.5. The highest BCUT2D eigenvalue weighted by molar-refractivity contribution is 5.85. The number of amides is 2. The Balaban J connectivity index is 1.83. The summed E-state index contributed by atoms with van der Waals surface area (Å²) in [5, 5.41) is 9.33. The molecule has 0 aliphatic rings. The van der Waals surface area contributed by atoms with E-state index in [1.54, 1.807) is 10.9 Å². The summed E-state index contributed by atoms with van der Waals surface area (Å²) in [4.78, 5) is 22.4. The van der Waals surface area contributed by atoms with Gasteiger partial charge in [0, 0.05) is 18.3 Å². The van der Waals surface area contributed by atoms with Crippen LogP contribution in [-0.4, -0.2) is 34.7 Å². The Labute approximate surface area is 122 Å². The Bertz CT molecular complexity index is 609. The zero-order chi connectivity index (χ0) is 15.1. The van der Waals surface area contributed by atoms with Crippen LogP contribution >= 0.6 is 0 Å². The molecule has 0 saturated heterocycles. The molecule has 2 rings (SSSR count). The molecule has 0 radical (unpaired) electrons. The first-order chi connectivity index (χ1) is 10.2. The van der Waals surface area contributed by atoms with E-state index in [-0.39, 0.29) is 24.9 Å². The molecule has 0 aliphatic heterocycles. The SMILES string of the molecule is NCC(=O)NCC(=O)NCc1cnn(-c2ccccc2)c1. The minimum atomic E-state index is -0.359. The van der Waals surface area contributed by atoms with Crippen molar-refractivity contribution in [2.45, 2.75) is 6.54 Å². The third-order valence-corrected chi connectivity index (χ3v) is 2.78. The lowest BCUT2D eigenvalue weighted by molar-refractivity contribution is -0.125. The minimum Gasteiger partial charge on any atom is -0.350 e. The Morgan fingerprint density at radius 2 is 1.90 bits per heavy atom. The van der Waals surface area contributed by atoms with Crippen LogP contribution in [0.15, 0.2) is 42.7 Å². The summed E-state index contributed by atoms with van der Waals surface area (Å²) in [6.07, 6.45) is 3.53. The van der Waals surface area contributed by atoms with Crippen molar-refractivity contribution in [2.24, 2.45) is 5.73 Å². The molecule has 0 spiro atoms. The highest BCUT2D eigenvalue weighted by Gasteiger charge is 2.05. The van der Waals surface area contributed by atoms with E-state index in [9.17, 15) is 9.59 Å². The average Bonchev–Trinajstić information content (AvgIpc) is 3.00. The van der Waals surface area contributed by atoms with E-state index in [1.807, 2.05) is 36.5 Å². The van der Waals surface area contributed by atoms with Gasteiger partial charge in [0.25, 0.3) is 0 Å². The number of rotatable bonds is 6. The Hall–Kier alpha value is -2.67. The zero-order valence-electron chi connectivity index (χ0n) is 11.5. The van der Waals surface area contributed by atoms with Gasteiger partial charge in [-0.3, -0.25) is 9.59 Å². The van der Waals surface area contributed by atoms with Crippen LogP contribution in [0.25, 0.3) is 5.69 Å². The fraction of sp³-hybridized carbons (Fsp3) is 0.214. The molecule has 0 saturated carbocycles. The van der Waals surface area contributed by atoms with Gasteiger partial charge in [0.05, 0.1) is 25.0 Å². The monoisotopic (exact) mass is 287 g/mol. The number of hydrogen-bond donors (Lipinski definition) is 3. The van der Waals surface area contributed by atoms with Crippen molar-refractivity contribution >= 4 is 11.8 Å². The van der Waals surface area contributed by atoms with Crippen LogP contribution in [-0.2, 0) is 16.1 Å². The number of carbonyl (C=O) groups excluding carboxylic acids is 2. The summed E-state index contributed by atoms with van der Waals surface area (Å²) >= 11 is 0. The van der Waals surface area contributed by atoms with Gasteiger partial charge in [-0.05, 0) is 12.1 Å². The van der Waals surface area contributed by atoms with Gasteiger partial charge in [-0.25, -0.2) is 4.68 Å². The van der Waals surface area contributed by atoms with Crippen molar-refractivity contribution in [2.75, 3.05) is 13.1 Å². The first-order valence-electron chi connectivity index (χ1n) is 6.51. The number of nitrogens with one attached hydrogen (secondary N) is 2. The van der Waals surface area contributed by atoms with Gasteiger partial charge in [0.1, 0.15) is 0 Å². The summed E-state index contributed by atoms with van der Waals surface area (Å²) in [6.45, 7) is 0.143. The van der Waals surface area contributed by atoms with Crippen LogP contribution in [0.1, 0.15) is 5.56 Å². The van der Waals surface area contributed by atoms with E-state index >= 15 is 0 Å². The van der Waals surface area contributed by atoms with Crippen molar-refractivity contribution < 1.29 is 9.59 Å². The molecular formula is C14H17N5O2. The van der Waals surface area contributed by atoms with E-state index in [0.717, 1.165) is 11.3 Å². The van der Waals surface area contributed by atoms with Gasteiger partial charge in [-0.1, -0.05) is 18.2 Å². The Morgan fingerprint density at radius 3 is 2.62 bits per heavy atom. The third kappa shape index (κ3) is 4.43. The van der Waals surface area contributed by atoms with Gasteiger partial charge < -0.3 is 16.4 Å². The van der Waals surface area contributed by atoms with E-state index in [0.29, 0.717) is 6.54 Å². The minimum absolute atomic E-state index is 0.0805. The quantitative estimate of drug-likeness (QED) is 0.670. The number of nitrogens with two attached hydrogens (primary N) is 1. The van der Waals surface area contributed by atoms with Gasteiger partial charge in [0.2, 0.25) is 11.8 Å². The van der Waals surface area contributed by atoms with Crippen molar-refractivity contribution in [3.05, 3.63) is 48.3 Å². The van der Waals surface area contributed by atoms with Crippen LogP contribution in [0.3, 0.4) is 0 Å². The maximum absolute atomic E-state index is 11.5. The second kappa shape index (κ2) is 7.20. The van der Waals surface area contributed by atoms with E-state index in [2.05, 4.69) is 15.7 Å². The maximum Gasteiger partial charge on any atom is 0.239 e. The lowest BCUT2D eigenvalue weighted by Crippen LogP contribution is -2.39. The van der Waals surface area contributed by atoms with Crippen LogP contribution in [0, 0.1) is 0 Å². The molecular weight excluding hydrogens is 270 g/mol. The Kier molecular flexibility index (Phi) is 5.05. The lowest BCUT2D eigenvalue weighted by atomic mass is 10.3. The molecule has 0 fully saturated rings. The number of benzene rings is 1. The number of carbonyl (C=O) groups is 2. The fourth-order valence-electron chi connectivity index (χ4n) is 1.69. The van der Waals surface area contributed by atoms with E-state index < -0.39 is 0 Å².